The van der Waals surface area contributed by atoms with Crippen molar-refractivity contribution < 1.29 is 14.7 Å². The Bertz CT molecular complexity index is 141. The van der Waals surface area contributed by atoms with Crippen LogP contribution in [0, 0.1) is 0 Å². The number of ether oxygens (including phenoxy) is 1. The van der Waals surface area contributed by atoms with Gasteiger partial charge in [-0.3, -0.25) is 4.79 Å². The molecule has 0 fully saturated rings. The van der Waals surface area contributed by atoms with Crippen LogP contribution in [0.4, 0.5) is 0 Å². The fraction of sp³-hybridized carbons (Fsp3) is 0.857. The molecule has 0 aromatic heterocycles. The van der Waals surface area contributed by atoms with Crippen molar-refractivity contribution in [2.75, 3.05) is 19.7 Å². The lowest BCUT2D eigenvalue weighted by atomic mass is 10.5. The van der Waals surface area contributed by atoms with Crippen molar-refractivity contribution in [1.82, 2.24) is 5.06 Å². The molecule has 0 aliphatic heterocycles. The number of hydrogen-bond acceptors (Lipinski definition) is 3. The van der Waals surface area contributed by atoms with Crippen molar-refractivity contribution >= 4 is 28.6 Å². The standard InChI is InChI=1S/C7H13INO3/c1-3-9(11)4-5-12-7(10)6(2)8/h6H,3-5H2,1-2H3. The number of hydroxylamine groups is 2. The molecule has 1 radical (unpaired) electrons. The van der Waals surface area contributed by atoms with Crippen molar-refractivity contribution in [3.05, 3.63) is 0 Å². The second kappa shape index (κ2) is 6.62. The van der Waals surface area contributed by atoms with E-state index in [9.17, 15) is 10.0 Å². The van der Waals surface area contributed by atoms with E-state index in [0.717, 1.165) is 5.06 Å². The number of nitrogens with zero attached hydrogens (tertiary/aromatic N) is 1. The zero-order valence-corrected chi connectivity index (χ0v) is 9.41. The van der Waals surface area contributed by atoms with Gasteiger partial charge < -0.3 is 4.74 Å². The van der Waals surface area contributed by atoms with E-state index in [2.05, 4.69) is 0 Å². The molecule has 0 N–H and O–H groups in total. The van der Waals surface area contributed by atoms with Gasteiger partial charge in [0.15, 0.2) is 0 Å². The Hall–Kier alpha value is 0.120. The minimum Gasteiger partial charge on any atom is -0.463 e. The molecule has 1 atom stereocenters. The van der Waals surface area contributed by atoms with E-state index >= 15 is 0 Å². The number of carbonyl (C=O) groups is 1. The Morgan fingerprint density at radius 3 is 2.67 bits per heavy atom. The quantitative estimate of drug-likeness (QED) is 0.328. The highest BCUT2D eigenvalue weighted by molar-refractivity contribution is 14.1. The van der Waals surface area contributed by atoms with Gasteiger partial charge in [-0.05, 0) is 13.8 Å². The molecule has 71 valence electrons. The first-order valence-electron chi connectivity index (χ1n) is 3.80. The lowest BCUT2D eigenvalue weighted by Gasteiger charge is -2.09. The topological polar surface area (TPSA) is 49.4 Å². The van der Waals surface area contributed by atoms with Crippen LogP contribution in [0.15, 0.2) is 0 Å². The summed E-state index contributed by atoms with van der Waals surface area (Å²) in [6.45, 7) is 4.37. The van der Waals surface area contributed by atoms with Gasteiger partial charge in [0.25, 0.3) is 0 Å². The Morgan fingerprint density at radius 1 is 1.67 bits per heavy atom. The second-order valence-corrected chi connectivity index (χ2v) is 4.17. The maximum Gasteiger partial charge on any atom is 0.318 e. The van der Waals surface area contributed by atoms with Gasteiger partial charge in [0, 0.05) is 6.54 Å². The lowest BCUT2D eigenvalue weighted by molar-refractivity contribution is -0.167. The van der Waals surface area contributed by atoms with Crippen LogP contribution in [0.3, 0.4) is 0 Å². The second-order valence-electron chi connectivity index (χ2n) is 2.31. The number of alkyl halides is 1. The van der Waals surface area contributed by atoms with Crippen molar-refractivity contribution in [1.29, 1.82) is 0 Å². The first-order valence-corrected chi connectivity index (χ1v) is 5.05. The number of halogens is 1. The van der Waals surface area contributed by atoms with Gasteiger partial charge in [-0.15, -0.1) is 5.21 Å². The van der Waals surface area contributed by atoms with Crippen molar-refractivity contribution in [3.8, 4) is 0 Å². The van der Waals surface area contributed by atoms with Gasteiger partial charge in [-0.2, -0.15) is 5.06 Å². The van der Waals surface area contributed by atoms with Crippen molar-refractivity contribution in [2.24, 2.45) is 0 Å². The van der Waals surface area contributed by atoms with Crippen LogP contribution in [-0.4, -0.2) is 34.7 Å². The summed E-state index contributed by atoms with van der Waals surface area (Å²) < 4.78 is 4.64. The van der Waals surface area contributed by atoms with Gasteiger partial charge in [0.2, 0.25) is 0 Å². The highest BCUT2D eigenvalue weighted by atomic mass is 127. The summed E-state index contributed by atoms with van der Waals surface area (Å²) in [5.41, 5.74) is 0. The zero-order valence-electron chi connectivity index (χ0n) is 7.25. The number of rotatable bonds is 5. The predicted octanol–water partition coefficient (Wildman–Crippen LogP) is 1.02. The van der Waals surface area contributed by atoms with E-state index in [0.29, 0.717) is 6.54 Å². The Kier molecular flexibility index (Phi) is 6.68. The molecule has 0 amide bonds. The minimum atomic E-state index is -0.264. The fourth-order valence-electron chi connectivity index (χ4n) is 0.521. The van der Waals surface area contributed by atoms with Crippen LogP contribution in [-0.2, 0) is 14.7 Å². The zero-order chi connectivity index (χ0) is 9.56. The molecule has 0 saturated heterocycles. The molecule has 0 saturated carbocycles. The van der Waals surface area contributed by atoms with E-state index in [1.807, 2.05) is 22.6 Å². The molecule has 0 aromatic rings. The third-order valence-electron chi connectivity index (χ3n) is 1.26. The summed E-state index contributed by atoms with van der Waals surface area (Å²) in [5.74, 6) is -0.264. The molecule has 0 aromatic carbocycles. The largest absolute Gasteiger partial charge is 0.463 e. The number of hydrogen-bond donors (Lipinski definition) is 0. The van der Waals surface area contributed by atoms with Gasteiger partial charge in [-0.25, -0.2) is 0 Å². The van der Waals surface area contributed by atoms with Gasteiger partial charge >= 0.3 is 5.97 Å². The molecule has 0 heterocycles. The van der Waals surface area contributed by atoms with Gasteiger partial charge in [0.05, 0.1) is 6.54 Å². The van der Waals surface area contributed by atoms with Crippen LogP contribution in [0.25, 0.3) is 0 Å². The number of likely N-dealkylation sites (N-methyl/N-ethyl adjacent to an activating group) is 1. The molecule has 4 nitrogen and oxygen atoms in total. The average Bonchev–Trinajstić information content (AvgIpc) is 2.03. The number of esters is 1. The summed E-state index contributed by atoms with van der Waals surface area (Å²) in [4.78, 5) is 10.9. The van der Waals surface area contributed by atoms with E-state index in [1.54, 1.807) is 13.8 Å². The molecule has 0 rings (SSSR count). The molecule has 0 bridgehead atoms. The Morgan fingerprint density at radius 2 is 2.25 bits per heavy atom. The minimum absolute atomic E-state index is 0.149. The summed E-state index contributed by atoms with van der Waals surface area (Å²) in [5, 5.41) is 11.5. The lowest BCUT2D eigenvalue weighted by Crippen LogP contribution is -2.25. The summed E-state index contributed by atoms with van der Waals surface area (Å²) in [7, 11) is 0. The third kappa shape index (κ3) is 5.73. The monoisotopic (exact) mass is 286 g/mol. The van der Waals surface area contributed by atoms with E-state index in [-0.39, 0.29) is 23.0 Å². The van der Waals surface area contributed by atoms with Crippen LogP contribution in [0.5, 0.6) is 0 Å². The summed E-state index contributed by atoms with van der Waals surface area (Å²) >= 11 is 1.97. The predicted molar refractivity (Wildman–Crippen MR) is 52.4 cm³/mol. The van der Waals surface area contributed by atoms with E-state index in [4.69, 9.17) is 4.74 Å². The molecule has 5 heteroatoms. The molecule has 1 unspecified atom stereocenters. The first-order chi connectivity index (χ1) is 5.57. The van der Waals surface area contributed by atoms with Gasteiger partial charge in [-0.1, -0.05) is 22.6 Å². The highest BCUT2D eigenvalue weighted by Crippen LogP contribution is 2.00. The van der Waals surface area contributed by atoms with E-state index < -0.39 is 0 Å². The Labute approximate surface area is 86.0 Å². The molecule has 0 spiro atoms. The smallest absolute Gasteiger partial charge is 0.318 e. The average molecular weight is 286 g/mol. The van der Waals surface area contributed by atoms with Crippen molar-refractivity contribution in [3.63, 3.8) is 0 Å². The van der Waals surface area contributed by atoms with E-state index in [1.165, 1.54) is 0 Å². The molecule has 0 aliphatic rings. The Balaban J connectivity index is 3.37. The first kappa shape index (κ1) is 12.1. The van der Waals surface area contributed by atoms with Crippen molar-refractivity contribution in [2.45, 2.75) is 17.8 Å². The maximum absolute atomic E-state index is 10.9. The maximum atomic E-state index is 10.9. The molecule has 12 heavy (non-hydrogen) atoms. The highest BCUT2D eigenvalue weighted by Gasteiger charge is 2.09. The van der Waals surface area contributed by atoms with Crippen LogP contribution in [0.2, 0.25) is 0 Å². The van der Waals surface area contributed by atoms with Crippen LogP contribution >= 0.6 is 22.6 Å². The fourth-order valence-corrected chi connectivity index (χ4v) is 0.701. The van der Waals surface area contributed by atoms with Crippen LogP contribution < -0.4 is 0 Å². The normalized spacial score (nSPS) is 13.1. The summed E-state index contributed by atoms with van der Waals surface area (Å²) in [6.07, 6.45) is 0. The van der Waals surface area contributed by atoms with Gasteiger partial charge in [0.1, 0.15) is 10.5 Å². The SMILES string of the molecule is CCN([O])CCOC(=O)C(C)I. The number of carbonyl (C=O) groups excluding carboxylic acids is 1. The molecule has 0 aliphatic carbocycles. The van der Waals surface area contributed by atoms with Crippen LogP contribution in [0.1, 0.15) is 13.8 Å². The molecular weight excluding hydrogens is 273 g/mol. The molecular formula is C7H13INO3. The summed E-state index contributed by atoms with van der Waals surface area (Å²) in [6, 6.07) is 0. The third-order valence-corrected chi connectivity index (χ3v) is 1.77.